The van der Waals surface area contributed by atoms with Crippen molar-refractivity contribution in [1.29, 1.82) is 0 Å². The van der Waals surface area contributed by atoms with Crippen LogP contribution in [-0.2, 0) is 4.79 Å². The van der Waals surface area contributed by atoms with Gasteiger partial charge in [0.25, 0.3) is 0 Å². The largest absolute Gasteiger partial charge is 0.368 e. The molecule has 0 bridgehead atoms. The zero-order chi connectivity index (χ0) is 9.56. The third-order valence-electron chi connectivity index (χ3n) is 1.69. The van der Waals surface area contributed by atoms with E-state index in [1.807, 2.05) is 6.92 Å². The van der Waals surface area contributed by atoms with Crippen LogP contribution in [0, 0.1) is 5.92 Å². The Kier molecular flexibility index (Phi) is 5.72. The summed E-state index contributed by atoms with van der Waals surface area (Å²) in [6.07, 6.45) is 1.82. The van der Waals surface area contributed by atoms with Crippen molar-refractivity contribution in [2.45, 2.75) is 39.7 Å². The maximum absolute atomic E-state index is 10.9. The average molecular weight is 172 g/mol. The molecule has 0 spiro atoms. The third kappa shape index (κ3) is 5.13. The summed E-state index contributed by atoms with van der Waals surface area (Å²) in [5.74, 6) is 0.321. The molecule has 12 heavy (non-hydrogen) atoms. The second-order valence-corrected chi connectivity index (χ2v) is 3.55. The van der Waals surface area contributed by atoms with E-state index in [0.29, 0.717) is 5.92 Å². The second-order valence-electron chi connectivity index (χ2n) is 3.55. The van der Waals surface area contributed by atoms with Crippen LogP contribution in [0.2, 0.25) is 0 Å². The van der Waals surface area contributed by atoms with Crippen molar-refractivity contribution in [2.75, 3.05) is 6.54 Å². The van der Waals surface area contributed by atoms with Gasteiger partial charge in [0, 0.05) is 0 Å². The van der Waals surface area contributed by atoms with Crippen LogP contribution in [0.25, 0.3) is 0 Å². The highest BCUT2D eigenvalue weighted by Crippen LogP contribution is 1.97. The number of rotatable bonds is 6. The molecule has 0 fully saturated rings. The number of amides is 1. The molecular weight excluding hydrogens is 152 g/mol. The van der Waals surface area contributed by atoms with Gasteiger partial charge in [0.15, 0.2) is 0 Å². The van der Waals surface area contributed by atoms with E-state index in [2.05, 4.69) is 19.2 Å². The number of carbonyl (C=O) groups is 1. The van der Waals surface area contributed by atoms with E-state index in [4.69, 9.17) is 5.73 Å². The van der Waals surface area contributed by atoms with Gasteiger partial charge in [-0.3, -0.25) is 4.79 Å². The molecule has 0 aliphatic heterocycles. The molecule has 3 N–H and O–H groups in total. The Bertz CT molecular complexity index is 134. The molecule has 72 valence electrons. The first-order valence-corrected chi connectivity index (χ1v) is 4.60. The molecule has 0 radical (unpaired) electrons. The van der Waals surface area contributed by atoms with Gasteiger partial charge in [-0.1, -0.05) is 27.2 Å². The van der Waals surface area contributed by atoms with E-state index in [9.17, 15) is 4.79 Å². The highest BCUT2D eigenvalue weighted by molar-refractivity contribution is 5.79. The Labute approximate surface area is 74.7 Å². The lowest BCUT2D eigenvalue weighted by Gasteiger charge is -2.15. The van der Waals surface area contributed by atoms with Gasteiger partial charge < -0.3 is 11.1 Å². The van der Waals surface area contributed by atoms with Crippen LogP contribution < -0.4 is 11.1 Å². The Morgan fingerprint density at radius 1 is 1.50 bits per heavy atom. The molecule has 0 saturated heterocycles. The molecule has 1 atom stereocenters. The van der Waals surface area contributed by atoms with E-state index < -0.39 is 0 Å². The fourth-order valence-corrected chi connectivity index (χ4v) is 1.01. The maximum Gasteiger partial charge on any atom is 0.234 e. The van der Waals surface area contributed by atoms with Crippen molar-refractivity contribution >= 4 is 5.91 Å². The molecule has 0 aliphatic carbocycles. The molecule has 0 heterocycles. The van der Waals surface area contributed by atoms with E-state index in [1.54, 1.807) is 0 Å². The van der Waals surface area contributed by atoms with E-state index in [1.165, 1.54) is 0 Å². The summed E-state index contributed by atoms with van der Waals surface area (Å²) >= 11 is 0. The van der Waals surface area contributed by atoms with Crippen LogP contribution in [-0.4, -0.2) is 18.5 Å². The molecular formula is C9H20N2O. The zero-order valence-corrected chi connectivity index (χ0v) is 8.26. The topological polar surface area (TPSA) is 55.1 Å². The van der Waals surface area contributed by atoms with E-state index in [0.717, 1.165) is 19.4 Å². The molecule has 3 heteroatoms. The van der Waals surface area contributed by atoms with Gasteiger partial charge in [-0.2, -0.15) is 0 Å². The highest BCUT2D eigenvalue weighted by Gasteiger charge is 2.12. The van der Waals surface area contributed by atoms with Crippen LogP contribution in [0.15, 0.2) is 0 Å². The first kappa shape index (κ1) is 11.4. The smallest absolute Gasteiger partial charge is 0.234 e. The molecule has 0 aliphatic rings. The Morgan fingerprint density at radius 2 is 2.08 bits per heavy atom. The molecule has 0 aromatic carbocycles. The van der Waals surface area contributed by atoms with Crippen molar-refractivity contribution in [3.8, 4) is 0 Å². The summed E-state index contributed by atoms with van der Waals surface area (Å²) in [7, 11) is 0. The van der Waals surface area contributed by atoms with Crippen LogP contribution in [0.4, 0.5) is 0 Å². The minimum Gasteiger partial charge on any atom is -0.368 e. The van der Waals surface area contributed by atoms with Gasteiger partial charge in [-0.25, -0.2) is 0 Å². The lowest BCUT2D eigenvalue weighted by molar-refractivity contribution is -0.120. The number of primary amides is 1. The average Bonchev–Trinajstić information content (AvgIpc) is 1.96. The van der Waals surface area contributed by atoms with Crippen molar-refractivity contribution < 1.29 is 4.79 Å². The molecule has 0 aromatic heterocycles. The minimum absolute atomic E-state index is 0.141. The van der Waals surface area contributed by atoms with Crippen molar-refractivity contribution in [3.05, 3.63) is 0 Å². The lowest BCUT2D eigenvalue weighted by atomic mass is 10.1. The Balaban J connectivity index is 3.71. The molecule has 1 unspecified atom stereocenters. The minimum atomic E-state index is -0.238. The normalized spacial score (nSPS) is 13.3. The van der Waals surface area contributed by atoms with Crippen LogP contribution in [0.5, 0.6) is 0 Å². The van der Waals surface area contributed by atoms with Crippen LogP contribution >= 0.6 is 0 Å². The number of hydrogen-bond acceptors (Lipinski definition) is 2. The van der Waals surface area contributed by atoms with E-state index >= 15 is 0 Å². The summed E-state index contributed by atoms with van der Waals surface area (Å²) < 4.78 is 0. The van der Waals surface area contributed by atoms with Crippen LogP contribution in [0.1, 0.15) is 33.6 Å². The van der Waals surface area contributed by atoms with Crippen LogP contribution in [0.3, 0.4) is 0 Å². The SMILES string of the molecule is CCCC(NCC(C)C)C(N)=O. The fraction of sp³-hybridized carbons (Fsp3) is 0.889. The summed E-state index contributed by atoms with van der Waals surface area (Å²) in [6, 6.07) is -0.141. The first-order valence-electron chi connectivity index (χ1n) is 4.60. The van der Waals surface area contributed by atoms with Crippen molar-refractivity contribution in [1.82, 2.24) is 5.32 Å². The second kappa shape index (κ2) is 6.00. The predicted octanol–water partition coefficient (Wildman–Crippen LogP) is 0.886. The summed E-state index contributed by atoms with van der Waals surface area (Å²) in [4.78, 5) is 10.9. The lowest BCUT2D eigenvalue weighted by Crippen LogP contribution is -2.42. The monoisotopic (exact) mass is 172 g/mol. The van der Waals surface area contributed by atoms with Crippen molar-refractivity contribution in [2.24, 2.45) is 11.7 Å². The highest BCUT2D eigenvalue weighted by atomic mass is 16.1. The summed E-state index contributed by atoms with van der Waals surface area (Å²) in [5.41, 5.74) is 5.21. The molecule has 0 rings (SSSR count). The summed E-state index contributed by atoms with van der Waals surface area (Å²) in [5, 5.41) is 3.14. The number of nitrogens with one attached hydrogen (secondary N) is 1. The predicted molar refractivity (Wildman–Crippen MR) is 50.7 cm³/mol. The Morgan fingerprint density at radius 3 is 2.42 bits per heavy atom. The maximum atomic E-state index is 10.9. The van der Waals surface area contributed by atoms with Crippen molar-refractivity contribution in [3.63, 3.8) is 0 Å². The molecule has 1 amide bonds. The number of nitrogens with two attached hydrogens (primary N) is 1. The first-order chi connectivity index (χ1) is 5.57. The third-order valence-corrected chi connectivity index (χ3v) is 1.69. The fourth-order valence-electron chi connectivity index (χ4n) is 1.01. The van der Waals surface area contributed by atoms with Gasteiger partial charge in [-0.05, 0) is 18.9 Å². The summed E-state index contributed by atoms with van der Waals surface area (Å²) in [6.45, 7) is 7.12. The van der Waals surface area contributed by atoms with Gasteiger partial charge in [-0.15, -0.1) is 0 Å². The van der Waals surface area contributed by atoms with Gasteiger partial charge in [0.1, 0.15) is 0 Å². The molecule has 0 saturated carbocycles. The number of hydrogen-bond donors (Lipinski definition) is 2. The standard InChI is InChI=1S/C9H20N2O/c1-4-5-8(9(10)12)11-6-7(2)3/h7-8,11H,4-6H2,1-3H3,(H2,10,12). The molecule has 0 aromatic rings. The number of carbonyl (C=O) groups excluding carboxylic acids is 1. The van der Waals surface area contributed by atoms with Gasteiger partial charge in [0.05, 0.1) is 6.04 Å². The zero-order valence-electron chi connectivity index (χ0n) is 8.26. The van der Waals surface area contributed by atoms with Gasteiger partial charge >= 0.3 is 0 Å². The van der Waals surface area contributed by atoms with Gasteiger partial charge in [0.2, 0.25) is 5.91 Å². The van der Waals surface area contributed by atoms with E-state index in [-0.39, 0.29) is 11.9 Å². The quantitative estimate of drug-likeness (QED) is 0.625. The Hall–Kier alpha value is -0.570. The molecule has 3 nitrogen and oxygen atoms in total.